The quantitative estimate of drug-likeness (QED) is 0.782. The van der Waals surface area contributed by atoms with Crippen molar-refractivity contribution in [2.75, 3.05) is 19.8 Å². The van der Waals surface area contributed by atoms with E-state index in [0.29, 0.717) is 0 Å². The number of likely N-dealkylation sites (tertiary alicyclic amines) is 1. The average molecular weight is 197 g/mol. The van der Waals surface area contributed by atoms with Crippen LogP contribution < -0.4 is 0 Å². The van der Waals surface area contributed by atoms with Gasteiger partial charge in [0.1, 0.15) is 0 Å². The van der Waals surface area contributed by atoms with E-state index >= 15 is 0 Å². The van der Waals surface area contributed by atoms with E-state index in [9.17, 15) is 0 Å². The molecule has 0 atom stereocenters. The third-order valence-electron chi connectivity index (χ3n) is 2.73. The Morgan fingerprint density at radius 1 is 1.46 bits per heavy atom. The summed E-state index contributed by atoms with van der Waals surface area (Å²) >= 11 is 1.86. The first-order valence-electron chi connectivity index (χ1n) is 4.77. The number of aliphatic hydroxyl groups is 1. The van der Waals surface area contributed by atoms with E-state index in [4.69, 9.17) is 5.11 Å². The predicted molar refractivity (Wildman–Crippen MR) is 55.0 cm³/mol. The number of thiophene rings is 1. The molecule has 1 aromatic heterocycles. The first kappa shape index (κ1) is 9.19. The van der Waals surface area contributed by atoms with Crippen molar-refractivity contribution in [1.82, 2.24) is 4.90 Å². The van der Waals surface area contributed by atoms with Gasteiger partial charge >= 0.3 is 0 Å². The van der Waals surface area contributed by atoms with Crippen molar-refractivity contribution in [3.05, 3.63) is 22.4 Å². The van der Waals surface area contributed by atoms with Gasteiger partial charge in [0.2, 0.25) is 0 Å². The summed E-state index contributed by atoms with van der Waals surface area (Å²) in [4.78, 5) is 3.61. The van der Waals surface area contributed by atoms with Crippen LogP contribution in [0.1, 0.15) is 23.6 Å². The molecule has 1 saturated heterocycles. The molecule has 1 aliphatic heterocycles. The number of piperidine rings is 1. The molecule has 0 radical (unpaired) electrons. The van der Waals surface area contributed by atoms with Crippen molar-refractivity contribution in [2.24, 2.45) is 0 Å². The van der Waals surface area contributed by atoms with Crippen LogP contribution in [0, 0.1) is 0 Å². The SMILES string of the molecule is OCN1CCC(c2cccs2)CC1. The first-order valence-corrected chi connectivity index (χ1v) is 5.64. The fraction of sp³-hybridized carbons (Fsp3) is 0.600. The van der Waals surface area contributed by atoms with Crippen LogP contribution in [-0.2, 0) is 0 Å². The van der Waals surface area contributed by atoms with Crippen molar-refractivity contribution in [2.45, 2.75) is 18.8 Å². The molecule has 0 unspecified atom stereocenters. The maximum atomic E-state index is 8.94. The second kappa shape index (κ2) is 4.22. The summed E-state index contributed by atoms with van der Waals surface area (Å²) in [7, 11) is 0. The van der Waals surface area contributed by atoms with Gasteiger partial charge in [-0.1, -0.05) is 6.07 Å². The summed E-state index contributed by atoms with van der Waals surface area (Å²) in [5, 5.41) is 11.1. The highest BCUT2D eigenvalue weighted by molar-refractivity contribution is 7.10. The van der Waals surface area contributed by atoms with Gasteiger partial charge in [0.25, 0.3) is 0 Å². The lowest BCUT2D eigenvalue weighted by Crippen LogP contribution is -2.33. The summed E-state index contributed by atoms with van der Waals surface area (Å²) in [5.74, 6) is 0.739. The molecule has 0 aliphatic carbocycles. The Hall–Kier alpha value is -0.380. The molecule has 13 heavy (non-hydrogen) atoms. The molecule has 0 spiro atoms. The zero-order valence-electron chi connectivity index (χ0n) is 7.65. The topological polar surface area (TPSA) is 23.5 Å². The minimum Gasteiger partial charge on any atom is -0.381 e. The van der Waals surface area contributed by atoms with Crippen LogP contribution in [0.4, 0.5) is 0 Å². The monoisotopic (exact) mass is 197 g/mol. The van der Waals surface area contributed by atoms with Gasteiger partial charge in [-0.25, -0.2) is 0 Å². The molecule has 2 nitrogen and oxygen atoms in total. The van der Waals surface area contributed by atoms with Gasteiger partial charge in [-0.3, -0.25) is 4.90 Å². The van der Waals surface area contributed by atoms with Crippen molar-refractivity contribution >= 4 is 11.3 Å². The minimum absolute atomic E-state index is 0.219. The van der Waals surface area contributed by atoms with Crippen molar-refractivity contribution in [3.8, 4) is 0 Å². The summed E-state index contributed by atoms with van der Waals surface area (Å²) in [6, 6.07) is 4.35. The molecular formula is C10H15NOS. The van der Waals surface area contributed by atoms with E-state index in [2.05, 4.69) is 22.4 Å². The molecule has 0 amide bonds. The molecule has 1 aliphatic rings. The van der Waals surface area contributed by atoms with Crippen molar-refractivity contribution in [3.63, 3.8) is 0 Å². The van der Waals surface area contributed by atoms with Crippen LogP contribution in [-0.4, -0.2) is 29.8 Å². The fourth-order valence-corrected chi connectivity index (χ4v) is 2.78. The van der Waals surface area contributed by atoms with Crippen LogP contribution in [0.25, 0.3) is 0 Å². The van der Waals surface area contributed by atoms with Gasteiger partial charge in [0, 0.05) is 18.0 Å². The molecule has 0 saturated carbocycles. The lowest BCUT2D eigenvalue weighted by Gasteiger charge is -2.29. The fourth-order valence-electron chi connectivity index (χ4n) is 1.88. The summed E-state index contributed by atoms with van der Waals surface area (Å²) in [6.07, 6.45) is 2.39. The van der Waals surface area contributed by atoms with Gasteiger partial charge in [-0.2, -0.15) is 0 Å². The Labute approximate surface area is 82.8 Å². The van der Waals surface area contributed by atoms with Crippen LogP contribution in [0.15, 0.2) is 17.5 Å². The summed E-state index contributed by atoms with van der Waals surface area (Å²) in [6.45, 7) is 2.30. The van der Waals surface area contributed by atoms with E-state index in [1.54, 1.807) is 0 Å². The molecule has 1 fully saturated rings. The largest absolute Gasteiger partial charge is 0.381 e. The number of hydrogen-bond acceptors (Lipinski definition) is 3. The Balaban J connectivity index is 1.92. The Bertz CT molecular complexity index is 239. The molecule has 0 bridgehead atoms. The zero-order chi connectivity index (χ0) is 9.10. The van der Waals surface area contributed by atoms with E-state index in [-0.39, 0.29) is 6.73 Å². The van der Waals surface area contributed by atoms with Crippen molar-refractivity contribution in [1.29, 1.82) is 0 Å². The number of rotatable bonds is 2. The first-order chi connectivity index (χ1) is 6.40. The lowest BCUT2D eigenvalue weighted by molar-refractivity contribution is 0.0841. The normalized spacial score (nSPS) is 20.7. The standard InChI is InChI=1S/C10H15NOS/c12-8-11-5-3-9(4-6-11)10-2-1-7-13-10/h1-2,7,9,12H,3-6,8H2. The van der Waals surface area contributed by atoms with E-state index in [1.165, 1.54) is 17.7 Å². The second-order valence-corrected chi connectivity index (χ2v) is 4.53. The molecule has 0 aromatic carbocycles. The zero-order valence-corrected chi connectivity index (χ0v) is 8.46. The van der Waals surface area contributed by atoms with E-state index < -0.39 is 0 Å². The molecule has 2 heterocycles. The van der Waals surface area contributed by atoms with Gasteiger partial charge in [-0.15, -0.1) is 11.3 Å². The van der Waals surface area contributed by atoms with Gasteiger partial charge in [0.05, 0.1) is 6.73 Å². The van der Waals surface area contributed by atoms with Crippen LogP contribution in [0.3, 0.4) is 0 Å². The number of hydrogen-bond donors (Lipinski definition) is 1. The highest BCUT2D eigenvalue weighted by Gasteiger charge is 2.20. The van der Waals surface area contributed by atoms with Crippen LogP contribution >= 0.6 is 11.3 Å². The predicted octanol–water partition coefficient (Wildman–Crippen LogP) is 1.88. The third kappa shape index (κ3) is 2.10. The van der Waals surface area contributed by atoms with E-state index in [0.717, 1.165) is 19.0 Å². The van der Waals surface area contributed by atoms with Gasteiger partial charge in [-0.05, 0) is 30.2 Å². The molecular weight excluding hydrogens is 182 g/mol. The molecule has 3 heteroatoms. The Morgan fingerprint density at radius 2 is 2.23 bits per heavy atom. The highest BCUT2D eigenvalue weighted by Crippen LogP contribution is 2.30. The van der Waals surface area contributed by atoms with Crippen LogP contribution in [0.5, 0.6) is 0 Å². The van der Waals surface area contributed by atoms with E-state index in [1.807, 2.05) is 11.3 Å². The number of nitrogens with zero attached hydrogens (tertiary/aromatic N) is 1. The average Bonchev–Trinajstić information content (AvgIpc) is 2.71. The van der Waals surface area contributed by atoms with Crippen LogP contribution in [0.2, 0.25) is 0 Å². The molecule has 1 aromatic rings. The summed E-state index contributed by atoms with van der Waals surface area (Å²) in [5.41, 5.74) is 0. The lowest BCUT2D eigenvalue weighted by atomic mass is 9.96. The minimum atomic E-state index is 0.219. The Morgan fingerprint density at radius 3 is 2.77 bits per heavy atom. The summed E-state index contributed by atoms with van der Waals surface area (Å²) < 4.78 is 0. The van der Waals surface area contributed by atoms with Gasteiger partial charge < -0.3 is 5.11 Å². The molecule has 2 rings (SSSR count). The van der Waals surface area contributed by atoms with Gasteiger partial charge in [0.15, 0.2) is 0 Å². The second-order valence-electron chi connectivity index (χ2n) is 3.55. The third-order valence-corrected chi connectivity index (χ3v) is 3.77. The number of aliphatic hydroxyl groups excluding tert-OH is 1. The Kier molecular flexibility index (Phi) is 2.98. The maximum absolute atomic E-state index is 8.94. The molecule has 1 N–H and O–H groups in total. The van der Waals surface area contributed by atoms with Crippen molar-refractivity contribution < 1.29 is 5.11 Å². The highest BCUT2D eigenvalue weighted by atomic mass is 32.1. The maximum Gasteiger partial charge on any atom is 0.0956 e. The smallest absolute Gasteiger partial charge is 0.0956 e. The molecule has 72 valence electrons.